The van der Waals surface area contributed by atoms with Crippen molar-refractivity contribution < 1.29 is 4.79 Å². The van der Waals surface area contributed by atoms with Crippen LogP contribution in [0.1, 0.15) is 5.56 Å². The Kier molecular flexibility index (Phi) is 4.75. The quantitative estimate of drug-likeness (QED) is 0.491. The molecule has 1 rings (SSSR count). The average molecular weight is 371 g/mol. The lowest BCUT2D eigenvalue weighted by Gasteiger charge is -2.04. The van der Waals surface area contributed by atoms with Gasteiger partial charge in [0.05, 0.1) is 5.33 Å². The molecule has 0 saturated heterocycles. The van der Waals surface area contributed by atoms with Crippen LogP contribution in [-0.2, 0) is 11.2 Å². The Morgan fingerprint density at radius 1 is 1.54 bits per heavy atom. The molecule has 1 aromatic carbocycles. The third kappa shape index (κ3) is 3.25. The van der Waals surface area contributed by atoms with Gasteiger partial charge in [0.15, 0.2) is 0 Å². The maximum atomic E-state index is 11.2. The van der Waals surface area contributed by atoms with E-state index in [0.29, 0.717) is 11.8 Å². The van der Waals surface area contributed by atoms with E-state index in [0.717, 1.165) is 14.0 Å². The Hall–Kier alpha value is 0.450. The third-order valence-corrected chi connectivity index (χ3v) is 4.29. The fraction of sp³-hybridized carbons (Fsp3) is 0.222. The normalized spacial score (nSPS) is 10.1. The number of hydrogen-bond donors (Lipinski definition) is 1. The van der Waals surface area contributed by atoms with Gasteiger partial charge in [-0.3, -0.25) is 4.79 Å². The van der Waals surface area contributed by atoms with Gasteiger partial charge in [-0.2, -0.15) is 0 Å². The minimum Gasteiger partial charge on any atom is -0.298 e. The highest BCUT2D eigenvalue weighted by Gasteiger charge is 2.06. The molecule has 0 fully saturated rings. The Balaban J connectivity index is 2.89. The van der Waals surface area contributed by atoms with Crippen molar-refractivity contribution in [1.29, 1.82) is 0 Å². The zero-order valence-electron chi connectivity index (χ0n) is 6.76. The van der Waals surface area contributed by atoms with Crippen LogP contribution >= 0.6 is 51.1 Å². The molecule has 0 bridgehead atoms. The number of thiol groups is 1. The van der Waals surface area contributed by atoms with Crippen LogP contribution < -0.4 is 0 Å². The first kappa shape index (κ1) is 11.5. The van der Waals surface area contributed by atoms with Crippen molar-refractivity contribution in [2.24, 2.45) is 0 Å². The molecule has 0 aliphatic heterocycles. The van der Waals surface area contributed by atoms with Gasteiger partial charge in [0.1, 0.15) is 5.78 Å². The smallest absolute Gasteiger partial charge is 0.147 e. The van der Waals surface area contributed by atoms with Gasteiger partial charge in [0.25, 0.3) is 0 Å². The largest absolute Gasteiger partial charge is 0.298 e. The predicted octanol–water partition coefficient (Wildman–Crippen LogP) is 3.09. The van der Waals surface area contributed by atoms with Crippen LogP contribution in [0.3, 0.4) is 0 Å². The molecule has 0 heterocycles. The molecule has 0 spiro atoms. The summed E-state index contributed by atoms with van der Waals surface area (Å²) in [4.78, 5) is 12.1. The van der Waals surface area contributed by atoms with Crippen LogP contribution in [0.2, 0.25) is 0 Å². The second-order valence-electron chi connectivity index (χ2n) is 2.60. The van der Waals surface area contributed by atoms with Crippen molar-refractivity contribution in [3.05, 3.63) is 27.3 Å². The monoisotopic (exact) mass is 370 g/mol. The first-order valence-corrected chi connectivity index (χ1v) is 6.34. The number of alkyl halides is 1. The summed E-state index contributed by atoms with van der Waals surface area (Å²) in [5.74, 6) is 0.192. The number of halogens is 2. The highest BCUT2D eigenvalue weighted by atomic mass is 127. The van der Waals surface area contributed by atoms with Gasteiger partial charge < -0.3 is 0 Å². The molecule has 0 atom stereocenters. The molecule has 0 unspecified atom stereocenters. The van der Waals surface area contributed by atoms with Crippen molar-refractivity contribution in [2.45, 2.75) is 11.3 Å². The summed E-state index contributed by atoms with van der Waals surface area (Å²) in [6, 6.07) is 5.80. The number of benzene rings is 1. The van der Waals surface area contributed by atoms with E-state index in [-0.39, 0.29) is 5.78 Å². The highest BCUT2D eigenvalue weighted by molar-refractivity contribution is 14.1. The number of Topliss-reactive ketones (excluding diaryl/α,β-unsaturated/α-hetero) is 1. The van der Waals surface area contributed by atoms with Crippen LogP contribution in [0.25, 0.3) is 0 Å². The van der Waals surface area contributed by atoms with Gasteiger partial charge in [0.2, 0.25) is 0 Å². The van der Waals surface area contributed by atoms with E-state index >= 15 is 0 Å². The van der Waals surface area contributed by atoms with Crippen LogP contribution in [-0.4, -0.2) is 11.1 Å². The molecule has 0 radical (unpaired) electrons. The van der Waals surface area contributed by atoms with E-state index in [1.807, 2.05) is 18.2 Å². The minimum absolute atomic E-state index is 0.192. The number of ketones is 1. The fourth-order valence-electron chi connectivity index (χ4n) is 0.962. The van der Waals surface area contributed by atoms with Gasteiger partial charge in [-0.05, 0) is 34.2 Å². The van der Waals surface area contributed by atoms with Crippen LogP contribution in [0, 0.1) is 3.57 Å². The summed E-state index contributed by atoms with van der Waals surface area (Å²) in [7, 11) is 0. The molecular formula is C9H8BrIOS. The zero-order chi connectivity index (χ0) is 9.84. The first-order valence-electron chi connectivity index (χ1n) is 3.69. The summed E-state index contributed by atoms with van der Waals surface area (Å²) in [6.45, 7) is 0. The average Bonchev–Trinajstić information content (AvgIpc) is 2.13. The second-order valence-corrected chi connectivity index (χ2v) is 4.72. The van der Waals surface area contributed by atoms with Crippen molar-refractivity contribution in [3.63, 3.8) is 0 Å². The molecule has 0 amide bonds. The summed E-state index contributed by atoms with van der Waals surface area (Å²) >= 11 is 9.64. The summed E-state index contributed by atoms with van der Waals surface area (Å²) in [5, 5.41) is 0.417. The van der Waals surface area contributed by atoms with Crippen LogP contribution in [0.5, 0.6) is 0 Å². The molecule has 0 aromatic heterocycles. The zero-order valence-corrected chi connectivity index (χ0v) is 11.4. The molecule has 13 heavy (non-hydrogen) atoms. The molecule has 0 aliphatic carbocycles. The standard InChI is InChI=1S/C9H8BrIOS/c10-5-7(12)4-6-2-1-3-8(13)9(6)11/h1-3,13H,4-5H2. The van der Waals surface area contributed by atoms with E-state index in [1.54, 1.807) is 0 Å². The molecule has 1 aromatic rings. The Morgan fingerprint density at radius 3 is 2.85 bits per heavy atom. The van der Waals surface area contributed by atoms with Gasteiger partial charge in [-0.1, -0.05) is 28.1 Å². The lowest BCUT2D eigenvalue weighted by atomic mass is 10.1. The number of carbonyl (C=O) groups is 1. The Labute approximate surface area is 105 Å². The van der Waals surface area contributed by atoms with Crippen molar-refractivity contribution in [1.82, 2.24) is 0 Å². The molecule has 70 valence electrons. The summed E-state index contributed by atoms with van der Waals surface area (Å²) in [5.41, 5.74) is 1.05. The van der Waals surface area contributed by atoms with Gasteiger partial charge in [0, 0.05) is 14.9 Å². The van der Waals surface area contributed by atoms with E-state index in [4.69, 9.17) is 0 Å². The molecule has 4 heteroatoms. The summed E-state index contributed by atoms with van der Waals surface area (Å²) in [6.07, 6.45) is 0.484. The lowest BCUT2D eigenvalue weighted by Crippen LogP contribution is -2.05. The first-order chi connectivity index (χ1) is 6.15. The van der Waals surface area contributed by atoms with Crippen LogP contribution in [0.4, 0.5) is 0 Å². The minimum atomic E-state index is 0.192. The van der Waals surface area contributed by atoms with E-state index in [9.17, 15) is 4.79 Å². The predicted molar refractivity (Wildman–Crippen MR) is 68.9 cm³/mol. The van der Waals surface area contributed by atoms with Crippen molar-refractivity contribution >= 4 is 56.9 Å². The molecule has 0 N–H and O–H groups in total. The maximum Gasteiger partial charge on any atom is 0.147 e. The lowest BCUT2D eigenvalue weighted by molar-refractivity contribution is -0.115. The molecule has 1 nitrogen and oxygen atoms in total. The second kappa shape index (κ2) is 5.36. The third-order valence-electron chi connectivity index (χ3n) is 1.59. The Bertz CT molecular complexity index is 327. The topological polar surface area (TPSA) is 17.1 Å². The van der Waals surface area contributed by atoms with Crippen molar-refractivity contribution in [2.75, 3.05) is 5.33 Å². The maximum absolute atomic E-state index is 11.2. The van der Waals surface area contributed by atoms with Gasteiger partial charge in [-0.25, -0.2) is 0 Å². The fourth-order valence-corrected chi connectivity index (χ4v) is 1.94. The van der Waals surface area contributed by atoms with E-state index < -0.39 is 0 Å². The summed E-state index contributed by atoms with van der Waals surface area (Å²) < 4.78 is 1.07. The molecule has 0 saturated carbocycles. The Morgan fingerprint density at radius 2 is 2.23 bits per heavy atom. The highest BCUT2D eigenvalue weighted by Crippen LogP contribution is 2.21. The number of carbonyl (C=O) groups excluding carboxylic acids is 1. The number of hydrogen-bond acceptors (Lipinski definition) is 2. The van der Waals surface area contributed by atoms with E-state index in [1.165, 1.54) is 0 Å². The van der Waals surface area contributed by atoms with E-state index in [2.05, 4.69) is 51.1 Å². The van der Waals surface area contributed by atoms with Crippen molar-refractivity contribution in [3.8, 4) is 0 Å². The SMILES string of the molecule is O=C(CBr)Cc1cccc(S)c1I. The van der Waals surface area contributed by atoms with Crippen LogP contribution in [0.15, 0.2) is 23.1 Å². The molecular weight excluding hydrogens is 363 g/mol. The number of rotatable bonds is 3. The molecule has 0 aliphatic rings. The van der Waals surface area contributed by atoms with Gasteiger partial charge >= 0.3 is 0 Å². The van der Waals surface area contributed by atoms with Gasteiger partial charge in [-0.15, -0.1) is 12.6 Å².